The molecule has 2 aromatic carbocycles. The van der Waals surface area contributed by atoms with Gasteiger partial charge in [-0.1, -0.05) is 0 Å². The fraction of sp³-hybridized carbons (Fsp3) is 0.300. The number of halogens is 1. The first-order valence-corrected chi connectivity index (χ1v) is 10.5. The quantitative estimate of drug-likeness (QED) is 0.671. The number of rotatable bonds is 3. The Balaban J connectivity index is 1.96. The number of ether oxygens (including phenoxy) is 1. The Morgan fingerprint density at radius 2 is 1.78 bits per heavy atom. The Labute approximate surface area is 169 Å². The second-order valence-electron chi connectivity index (χ2n) is 7.14. The summed E-state index contributed by atoms with van der Waals surface area (Å²) in [5.74, 6) is -0.459. The summed E-state index contributed by atoms with van der Waals surface area (Å²) in [5.41, 5.74) is 0.0892. The standard InChI is InChI=1S/C20H20ClNO4Se/c1-19(2,3)25-18(24)22-13-20(17(23)26-22,14-9-11-15(21)12-10-14)27-16-7-5-4-6-8-16/h4-12H,13H2,1-3H3. The maximum absolute atomic E-state index is 13.0. The molecule has 0 radical (unpaired) electrons. The first kappa shape index (κ1) is 19.7. The molecule has 7 heteroatoms. The molecule has 27 heavy (non-hydrogen) atoms. The molecule has 1 atom stereocenters. The van der Waals surface area contributed by atoms with E-state index >= 15 is 0 Å². The molecular formula is C20H20ClNO4Se. The summed E-state index contributed by atoms with van der Waals surface area (Å²) >= 11 is 5.71. The number of hydroxylamine groups is 2. The van der Waals surface area contributed by atoms with Crippen molar-refractivity contribution in [3.63, 3.8) is 0 Å². The summed E-state index contributed by atoms with van der Waals surface area (Å²) in [4.78, 5) is 30.8. The number of amides is 1. The van der Waals surface area contributed by atoms with E-state index in [1.807, 2.05) is 42.5 Å². The van der Waals surface area contributed by atoms with Crippen LogP contribution in [-0.2, 0) is 18.7 Å². The van der Waals surface area contributed by atoms with Gasteiger partial charge < -0.3 is 0 Å². The Morgan fingerprint density at radius 3 is 2.37 bits per heavy atom. The van der Waals surface area contributed by atoms with Crippen LogP contribution in [0.15, 0.2) is 54.6 Å². The van der Waals surface area contributed by atoms with Crippen molar-refractivity contribution in [3.05, 3.63) is 65.2 Å². The van der Waals surface area contributed by atoms with Gasteiger partial charge in [0.15, 0.2) is 0 Å². The van der Waals surface area contributed by atoms with Crippen LogP contribution < -0.4 is 4.46 Å². The second-order valence-corrected chi connectivity index (χ2v) is 10.5. The molecule has 1 aliphatic heterocycles. The van der Waals surface area contributed by atoms with E-state index in [4.69, 9.17) is 21.2 Å². The van der Waals surface area contributed by atoms with E-state index in [9.17, 15) is 9.59 Å². The van der Waals surface area contributed by atoms with Crippen molar-refractivity contribution in [1.29, 1.82) is 0 Å². The molecule has 1 fully saturated rings. The normalized spacial score (nSPS) is 19.7. The molecule has 0 N–H and O–H groups in total. The van der Waals surface area contributed by atoms with Gasteiger partial charge in [0.05, 0.1) is 0 Å². The minimum atomic E-state index is -0.962. The van der Waals surface area contributed by atoms with Crippen molar-refractivity contribution in [1.82, 2.24) is 5.06 Å². The van der Waals surface area contributed by atoms with E-state index in [0.717, 1.165) is 15.1 Å². The number of carbonyl (C=O) groups is 2. The van der Waals surface area contributed by atoms with Crippen LogP contribution in [0.3, 0.4) is 0 Å². The fourth-order valence-corrected chi connectivity index (χ4v) is 5.39. The zero-order valence-corrected chi connectivity index (χ0v) is 17.7. The zero-order valence-electron chi connectivity index (χ0n) is 15.3. The molecule has 2 aromatic rings. The fourth-order valence-electron chi connectivity index (χ4n) is 2.64. The van der Waals surface area contributed by atoms with E-state index < -0.39 is 22.0 Å². The Morgan fingerprint density at radius 1 is 1.15 bits per heavy atom. The number of carbonyl (C=O) groups excluding carboxylic acids is 2. The Bertz CT molecular complexity index is 835. The van der Waals surface area contributed by atoms with Crippen molar-refractivity contribution in [2.75, 3.05) is 6.54 Å². The second kappa shape index (κ2) is 7.55. The summed E-state index contributed by atoms with van der Waals surface area (Å²) in [5, 5.41) is 1.60. The van der Waals surface area contributed by atoms with Gasteiger partial charge >= 0.3 is 170 Å². The number of hydrogen-bond donors (Lipinski definition) is 0. The number of hydrogen-bond acceptors (Lipinski definition) is 4. The van der Waals surface area contributed by atoms with Crippen LogP contribution in [0, 0.1) is 0 Å². The van der Waals surface area contributed by atoms with Gasteiger partial charge in [0.2, 0.25) is 0 Å². The molecule has 3 rings (SSSR count). The van der Waals surface area contributed by atoms with E-state index in [-0.39, 0.29) is 21.5 Å². The zero-order chi connectivity index (χ0) is 19.7. The summed E-state index contributed by atoms with van der Waals surface area (Å²) in [7, 11) is 0. The molecule has 0 saturated carbocycles. The Hall–Kier alpha value is -2.01. The third-order valence-corrected chi connectivity index (χ3v) is 7.00. The molecule has 142 valence electrons. The van der Waals surface area contributed by atoms with Crippen molar-refractivity contribution in [2.45, 2.75) is 30.7 Å². The molecule has 0 aliphatic carbocycles. The van der Waals surface area contributed by atoms with Gasteiger partial charge in [-0.05, 0) is 0 Å². The molecule has 0 bridgehead atoms. The van der Waals surface area contributed by atoms with Gasteiger partial charge in [0, 0.05) is 0 Å². The van der Waals surface area contributed by atoms with Crippen molar-refractivity contribution >= 4 is 43.1 Å². The van der Waals surface area contributed by atoms with Crippen molar-refractivity contribution in [2.24, 2.45) is 0 Å². The summed E-state index contributed by atoms with van der Waals surface area (Å²) in [6, 6.07) is 16.8. The van der Waals surface area contributed by atoms with Crippen LogP contribution in [-0.4, -0.2) is 44.2 Å². The van der Waals surface area contributed by atoms with Gasteiger partial charge in [0.25, 0.3) is 0 Å². The van der Waals surface area contributed by atoms with Gasteiger partial charge in [-0.2, -0.15) is 0 Å². The predicted octanol–water partition coefficient (Wildman–Crippen LogP) is 3.27. The topological polar surface area (TPSA) is 55.8 Å². The van der Waals surface area contributed by atoms with Crippen LogP contribution in [0.25, 0.3) is 0 Å². The summed E-state index contributed by atoms with van der Waals surface area (Å²) < 4.78 is 5.43. The summed E-state index contributed by atoms with van der Waals surface area (Å²) in [6.45, 7) is 5.40. The molecule has 1 heterocycles. The molecule has 1 unspecified atom stereocenters. The van der Waals surface area contributed by atoms with Crippen LogP contribution in [0.5, 0.6) is 0 Å². The minimum absolute atomic E-state index is 0.0945. The predicted molar refractivity (Wildman–Crippen MR) is 104 cm³/mol. The van der Waals surface area contributed by atoms with E-state index in [2.05, 4.69) is 0 Å². The van der Waals surface area contributed by atoms with E-state index in [1.54, 1.807) is 32.9 Å². The molecule has 1 aliphatic rings. The van der Waals surface area contributed by atoms with E-state index in [1.165, 1.54) is 0 Å². The van der Waals surface area contributed by atoms with Gasteiger partial charge in [-0.25, -0.2) is 0 Å². The molecular weight excluding hydrogens is 433 g/mol. The molecule has 1 saturated heterocycles. The van der Waals surface area contributed by atoms with Crippen LogP contribution in [0.1, 0.15) is 26.3 Å². The van der Waals surface area contributed by atoms with Gasteiger partial charge in [-0.15, -0.1) is 0 Å². The average molecular weight is 453 g/mol. The molecule has 5 nitrogen and oxygen atoms in total. The van der Waals surface area contributed by atoms with Gasteiger partial charge in [0.1, 0.15) is 0 Å². The van der Waals surface area contributed by atoms with Crippen molar-refractivity contribution in [3.8, 4) is 0 Å². The molecule has 1 amide bonds. The third-order valence-electron chi connectivity index (χ3n) is 3.83. The molecule has 0 spiro atoms. The third kappa shape index (κ3) is 4.46. The number of nitrogens with zero attached hydrogens (tertiary/aromatic N) is 1. The number of benzene rings is 2. The molecule has 0 aromatic heterocycles. The van der Waals surface area contributed by atoms with Crippen LogP contribution in [0.2, 0.25) is 5.02 Å². The van der Waals surface area contributed by atoms with Gasteiger partial charge in [-0.3, -0.25) is 0 Å². The average Bonchev–Trinajstić information content (AvgIpc) is 2.93. The SMILES string of the molecule is CC(C)(C)OC(=O)N1CC([Se]c2ccccc2)(c2ccc(Cl)cc2)C(=O)O1. The van der Waals surface area contributed by atoms with Crippen molar-refractivity contribution < 1.29 is 19.2 Å². The Kier molecular flexibility index (Phi) is 5.52. The first-order chi connectivity index (χ1) is 12.7. The maximum atomic E-state index is 13.0. The van der Waals surface area contributed by atoms with E-state index in [0.29, 0.717) is 5.02 Å². The monoisotopic (exact) mass is 453 g/mol. The van der Waals surface area contributed by atoms with Crippen LogP contribution >= 0.6 is 11.6 Å². The van der Waals surface area contributed by atoms with Crippen LogP contribution in [0.4, 0.5) is 4.79 Å². The first-order valence-electron chi connectivity index (χ1n) is 8.43. The summed E-state index contributed by atoms with van der Waals surface area (Å²) in [6.07, 6.45) is -0.671.